The molecule has 6 N–H and O–H groups in total. The molecule has 1 aliphatic rings. The number of benzene rings is 1. The zero-order valence-corrected chi connectivity index (χ0v) is 11.7. The molecule has 1 aliphatic heterocycles. The molecule has 0 bridgehead atoms. The molecule has 114 valence electrons. The second-order valence-corrected chi connectivity index (χ2v) is 5.28. The van der Waals surface area contributed by atoms with Gasteiger partial charge in [0.15, 0.2) is 0 Å². The highest BCUT2D eigenvalue weighted by Gasteiger charge is 2.25. The number of phenols is 1. The van der Waals surface area contributed by atoms with Crippen molar-refractivity contribution in [1.29, 1.82) is 0 Å². The molecule has 7 nitrogen and oxygen atoms in total. The Morgan fingerprint density at radius 1 is 1.43 bits per heavy atom. The van der Waals surface area contributed by atoms with E-state index in [2.05, 4.69) is 5.32 Å². The van der Waals surface area contributed by atoms with Crippen molar-refractivity contribution in [2.24, 2.45) is 11.7 Å². The molecule has 1 heterocycles. The van der Waals surface area contributed by atoms with Crippen molar-refractivity contribution in [3.05, 3.63) is 23.8 Å². The number of piperidine rings is 1. The normalized spacial score (nSPS) is 18.3. The van der Waals surface area contributed by atoms with Gasteiger partial charge in [0.25, 0.3) is 5.91 Å². The Bertz CT molecular complexity index is 547. The van der Waals surface area contributed by atoms with Crippen LogP contribution in [0.2, 0.25) is 0 Å². The van der Waals surface area contributed by atoms with Crippen LogP contribution in [0.25, 0.3) is 0 Å². The van der Waals surface area contributed by atoms with E-state index in [1.54, 1.807) is 4.90 Å². The van der Waals surface area contributed by atoms with E-state index in [1.807, 2.05) is 0 Å². The van der Waals surface area contributed by atoms with E-state index in [1.165, 1.54) is 18.2 Å². The van der Waals surface area contributed by atoms with Crippen LogP contribution in [-0.2, 0) is 0 Å². The van der Waals surface area contributed by atoms with Crippen LogP contribution < -0.4 is 16.8 Å². The summed E-state index contributed by atoms with van der Waals surface area (Å²) in [6.45, 7) is 1.63. The van der Waals surface area contributed by atoms with Crippen molar-refractivity contribution in [3.63, 3.8) is 0 Å². The van der Waals surface area contributed by atoms with E-state index in [0.29, 0.717) is 30.9 Å². The molecule has 1 aromatic carbocycles. The Balaban J connectivity index is 2.05. The van der Waals surface area contributed by atoms with Gasteiger partial charge >= 0.3 is 6.03 Å². The third-order valence-corrected chi connectivity index (χ3v) is 3.64. The minimum atomic E-state index is -0.560. The lowest BCUT2D eigenvalue weighted by Crippen LogP contribution is -2.44. The first-order chi connectivity index (χ1) is 9.97. The van der Waals surface area contributed by atoms with E-state index in [9.17, 15) is 14.7 Å². The number of hydrogen-bond donors (Lipinski definition) is 4. The molecule has 3 amide bonds. The summed E-state index contributed by atoms with van der Waals surface area (Å²) >= 11 is 0. The summed E-state index contributed by atoms with van der Waals surface area (Å²) < 4.78 is 0. The minimum Gasteiger partial charge on any atom is -0.508 e. The summed E-state index contributed by atoms with van der Waals surface area (Å²) in [5, 5.41) is 12.1. The second kappa shape index (κ2) is 6.34. The maximum atomic E-state index is 12.5. The van der Waals surface area contributed by atoms with Gasteiger partial charge in [-0.05, 0) is 37.0 Å². The number of aromatic hydroxyl groups is 1. The van der Waals surface area contributed by atoms with E-state index in [0.717, 1.165) is 12.8 Å². The number of urea groups is 1. The molecule has 0 radical (unpaired) electrons. The maximum Gasteiger partial charge on any atom is 0.312 e. The standard InChI is InChI=1S/C14H20N4O3/c15-12-4-3-10(19)6-11(12)13(20)18-5-1-2-9(8-18)7-17-14(16)21/h3-4,6,9,19H,1-2,5,7-8,15H2,(H3,16,17,21). The number of nitrogens with zero attached hydrogens (tertiary/aromatic N) is 1. The number of carbonyl (C=O) groups excluding carboxylic acids is 2. The molecule has 2 rings (SSSR count). The number of amides is 3. The van der Waals surface area contributed by atoms with Crippen LogP contribution in [-0.4, -0.2) is 41.6 Å². The number of nitrogens with two attached hydrogens (primary N) is 2. The topological polar surface area (TPSA) is 122 Å². The predicted molar refractivity (Wildman–Crippen MR) is 78.7 cm³/mol. The largest absolute Gasteiger partial charge is 0.508 e. The lowest BCUT2D eigenvalue weighted by molar-refractivity contribution is 0.0676. The van der Waals surface area contributed by atoms with E-state index < -0.39 is 6.03 Å². The van der Waals surface area contributed by atoms with Crippen LogP contribution in [0.15, 0.2) is 18.2 Å². The molecule has 1 unspecified atom stereocenters. The molecular formula is C14H20N4O3. The summed E-state index contributed by atoms with van der Waals surface area (Å²) in [6.07, 6.45) is 1.79. The highest BCUT2D eigenvalue weighted by atomic mass is 16.3. The molecule has 1 aromatic rings. The predicted octanol–water partition coefficient (Wildman–Crippen LogP) is 0.495. The van der Waals surface area contributed by atoms with Crippen molar-refractivity contribution in [2.45, 2.75) is 12.8 Å². The van der Waals surface area contributed by atoms with Crippen molar-refractivity contribution in [2.75, 3.05) is 25.4 Å². The maximum absolute atomic E-state index is 12.5. The summed E-state index contributed by atoms with van der Waals surface area (Å²) in [5.74, 6) is -0.0163. The molecular weight excluding hydrogens is 272 g/mol. The fourth-order valence-corrected chi connectivity index (χ4v) is 2.56. The number of anilines is 1. The number of hydrogen-bond acceptors (Lipinski definition) is 4. The molecule has 7 heteroatoms. The Labute approximate surface area is 122 Å². The summed E-state index contributed by atoms with van der Waals surface area (Å²) in [6, 6.07) is 3.78. The van der Waals surface area contributed by atoms with E-state index in [-0.39, 0.29) is 17.6 Å². The first-order valence-corrected chi connectivity index (χ1v) is 6.88. The first-order valence-electron chi connectivity index (χ1n) is 6.88. The van der Waals surface area contributed by atoms with Crippen molar-refractivity contribution in [1.82, 2.24) is 10.2 Å². The number of rotatable bonds is 3. The van der Waals surface area contributed by atoms with Crippen LogP contribution in [0.3, 0.4) is 0 Å². The molecule has 1 saturated heterocycles. The molecule has 0 aromatic heterocycles. The van der Waals surface area contributed by atoms with Crippen molar-refractivity contribution >= 4 is 17.6 Å². The lowest BCUT2D eigenvalue weighted by atomic mass is 9.97. The summed E-state index contributed by atoms with van der Waals surface area (Å²) in [7, 11) is 0. The Morgan fingerprint density at radius 3 is 2.90 bits per heavy atom. The van der Waals surface area contributed by atoms with Gasteiger partial charge in [-0.15, -0.1) is 0 Å². The van der Waals surface area contributed by atoms with Crippen LogP contribution in [0.4, 0.5) is 10.5 Å². The third kappa shape index (κ3) is 3.77. The number of likely N-dealkylation sites (tertiary alicyclic amines) is 1. The van der Waals surface area contributed by atoms with E-state index in [4.69, 9.17) is 11.5 Å². The van der Waals surface area contributed by atoms with Crippen LogP contribution >= 0.6 is 0 Å². The van der Waals surface area contributed by atoms with Gasteiger partial charge in [0.1, 0.15) is 5.75 Å². The smallest absolute Gasteiger partial charge is 0.312 e. The fourth-order valence-electron chi connectivity index (χ4n) is 2.56. The van der Waals surface area contributed by atoms with Crippen LogP contribution in [0, 0.1) is 5.92 Å². The Kier molecular flexibility index (Phi) is 4.52. The average molecular weight is 292 g/mol. The first kappa shape index (κ1) is 15.0. The highest BCUT2D eigenvalue weighted by molar-refractivity contribution is 5.99. The quantitative estimate of drug-likeness (QED) is 0.478. The fraction of sp³-hybridized carbons (Fsp3) is 0.429. The van der Waals surface area contributed by atoms with Crippen molar-refractivity contribution < 1.29 is 14.7 Å². The van der Waals surface area contributed by atoms with Gasteiger partial charge in [-0.2, -0.15) is 0 Å². The highest BCUT2D eigenvalue weighted by Crippen LogP contribution is 2.23. The average Bonchev–Trinajstić information content (AvgIpc) is 2.47. The molecule has 21 heavy (non-hydrogen) atoms. The summed E-state index contributed by atoms with van der Waals surface area (Å²) in [4.78, 5) is 24.9. The molecule has 0 aliphatic carbocycles. The Hall–Kier alpha value is -2.44. The number of phenolic OH excluding ortho intramolecular Hbond substituents is 1. The molecule has 0 saturated carbocycles. The minimum absolute atomic E-state index is 0.0107. The number of primary amides is 1. The van der Waals surface area contributed by atoms with Crippen molar-refractivity contribution in [3.8, 4) is 5.75 Å². The number of carbonyl (C=O) groups is 2. The third-order valence-electron chi connectivity index (χ3n) is 3.64. The second-order valence-electron chi connectivity index (χ2n) is 5.28. The Morgan fingerprint density at radius 2 is 2.19 bits per heavy atom. The summed E-state index contributed by atoms with van der Waals surface area (Å²) in [5.41, 5.74) is 11.5. The van der Waals surface area contributed by atoms with Gasteiger partial charge in [0.05, 0.1) is 5.56 Å². The van der Waals surface area contributed by atoms with Gasteiger partial charge in [-0.1, -0.05) is 0 Å². The van der Waals surface area contributed by atoms with Gasteiger partial charge < -0.3 is 26.8 Å². The SMILES string of the molecule is NC(=O)NCC1CCCN(C(=O)c2cc(O)ccc2N)C1. The van der Waals surface area contributed by atoms with E-state index >= 15 is 0 Å². The van der Waals surface area contributed by atoms with Gasteiger partial charge in [-0.3, -0.25) is 4.79 Å². The van der Waals surface area contributed by atoms with Crippen LogP contribution in [0.1, 0.15) is 23.2 Å². The number of nitrogen functional groups attached to an aromatic ring is 1. The number of nitrogens with one attached hydrogen (secondary N) is 1. The monoisotopic (exact) mass is 292 g/mol. The van der Waals surface area contributed by atoms with Gasteiger partial charge in [-0.25, -0.2) is 4.79 Å². The van der Waals surface area contributed by atoms with Crippen LogP contribution in [0.5, 0.6) is 5.75 Å². The molecule has 1 fully saturated rings. The van der Waals surface area contributed by atoms with Gasteiger partial charge in [0, 0.05) is 25.3 Å². The lowest BCUT2D eigenvalue weighted by Gasteiger charge is -2.33. The molecule has 1 atom stereocenters. The molecule has 0 spiro atoms. The zero-order chi connectivity index (χ0) is 15.4. The van der Waals surface area contributed by atoms with Gasteiger partial charge in [0.2, 0.25) is 0 Å². The zero-order valence-electron chi connectivity index (χ0n) is 11.7.